The Labute approximate surface area is 250 Å². The summed E-state index contributed by atoms with van der Waals surface area (Å²) in [5, 5.41) is 8.06. The van der Waals surface area contributed by atoms with Crippen molar-refractivity contribution in [2.75, 3.05) is 44.5 Å². The normalized spacial score (nSPS) is 19.7. The maximum atomic E-state index is 14.4. The number of fused-ring (bicyclic) bond motifs is 1. The molecular weight excluding hydrogens is 582 g/mol. The van der Waals surface area contributed by atoms with Gasteiger partial charge in [-0.05, 0) is 56.0 Å². The molecule has 0 unspecified atom stereocenters. The second-order valence-corrected chi connectivity index (χ2v) is 10.9. The first kappa shape index (κ1) is 29.8. The van der Waals surface area contributed by atoms with Gasteiger partial charge in [-0.1, -0.05) is 6.07 Å². The SMILES string of the molecule is COc1cc(-c2nn([C@H]3CC[C@@H](N4CCOCC4)CC3)c3ncnc(N)c23)ccc1NC(=O)c1ccc(C(F)(F)F)cc1F. The average molecular weight is 614 g/mol. The largest absolute Gasteiger partial charge is 0.495 e. The van der Waals surface area contributed by atoms with Gasteiger partial charge >= 0.3 is 6.18 Å². The third-order valence-electron chi connectivity index (χ3n) is 8.36. The number of anilines is 2. The van der Waals surface area contributed by atoms with Crippen LogP contribution in [0.3, 0.4) is 0 Å². The molecule has 1 saturated carbocycles. The predicted molar refractivity (Wildman–Crippen MR) is 155 cm³/mol. The molecule has 6 rings (SSSR count). The number of nitrogens with one attached hydrogen (secondary N) is 1. The summed E-state index contributed by atoms with van der Waals surface area (Å²) in [5.74, 6) is -1.72. The number of hydrogen-bond acceptors (Lipinski definition) is 8. The number of nitrogen functional groups attached to an aromatic ring is 1. The number of amides is 1. The number of ether oxygens (including phenoxy) is 2. The fourth-order valence-corrected chi connectivity index (χ4v) is 6.07. The maximum absolute atomic E-state index is 14.4. The molecule has 1 saturated heterocycles. The molecular formula is C30H31F4N7O3. The summed E-state index contributed by atoms with van der Waals surface area (Å²) in [6.45, 7) is 3.43. The highest BCUT2D eigenvalue weighted by atomic mass is 19.4. The van der Waals surface area contributed by atoms with Gasteiger partial charge in [0, 0.05) is 24.7 Å². The molecule has 10 nitrogen and oxygen atoms in total. The maximum Gasteiger partial charge on any atom is 0.416 e. The lowest BCUT2D eigenvalue weighted by Crippen LogP contribution is -2.45. The monoisotopic (exact) mass is 613 g/mol. The Morgan fingerprint density at radius 3 is 2.45 bits per heavy atom. The van der Waals surface area contributed by atoms with Crippen molar-refractivity contribution in [3.05, 3.63) is 59.7 Å². The van der Waals surface area contributed by atoms with Gasteiger partial charge in [0.05, 0.1) is 48.6 Å². The number of aromatic nitrogens is 4. The second kappa shape index (κ2) is 12.0. The van der Waals surface area contributed by atoms with E-state index < -0.39 is 29.0 Å². The van der Waals surface area contributed by atoms with Gasteiger partial charge in [-0.25, -0.2) is 19.0 Å². The average Bonchev–Trinajstić information content (AvgIpc) is 3.42. The van der Waals surface area contributed by atoms with Gasteiger partial charge in [0.15, 0.2) is 5.65 Å². The van der Waals surface area contributed by atoms with Crippen molar-refractivity contribution in [3.8, 4) is 17.0 Å². The van der Waals surface area contributed by atoms with Gasteiger partial charge in [0.25, 0.3) is 5.91 Å². The van der Waals surface area contributed by atoms with Crippen LogP contribution in [0.5, 0.6) is 5.75 Å². The van der Waals surface area contributed by atoms with E-state index in [2.05, 4.69) is 20.2 Å². The zero-order valence-corrected chi connectivity index (χ0v) is 23.9. The Kier molecular flexibility index (Phi) is 8.12. The number of carbonyl (C=O) groups is 1. The molecule has 2 aliphatic rings. The summed E-state index contributed by atoms with van der Waals surface area (Å²) in [7, 11) is 1.40. The van der Waals surface area contributed by atoms with Crippen LogP contribution in [0.15, 0.2) is 42.7 Å². The number of alkyl halides is 3. The second-order valence-electron chi connectivity index (χ2n) is 10.9. The molecule has 4 aromatic rings. The highest BCUT2D eigenvalue weighted by Gasteiger charge is 2.32. The molecule has 0 radical (unpaired) electrons. The van der Waals surface area contributed by atoms with Crippen molar-refractivity contribution >= 4 is 28.4 Å². The van der Waals surface area contributed by atoms with Crippen LogP contribution in [0, 0.1) is 5.82 Å². The van der Waals surface area contributed by atoms with Gasteiger partial charge in [-0.15, -0.1) is 0 Å². The molecule has 2 aromatic heterocycles. The Morgan fingerprint density at radius 1 is 1.05 bits per heavy atom. The summed E-state index contributed by atoms with van der Waals surface area (Å²) < 4.78 is 66.1. The van der Waals surface area contributed by atoms with Crippen LogP contribution in [0.4, 0.5) is 29.1 Å². The highest BCUT2D eigenvalue weighted by Crippen LogP contribution is 2.39. The Balaban J connectivity index is 1.26. The molecule has 0 atom stereocenters. The van der Waals surface area contributed by atoms with Crippen LogP contribution in [-0.4, -0.2) is 70.0 Å². The summed E-state index contributed by atoms with van der Waals surface area (Å²) >= 11 is 0. The predicted octanol–water partition coefficient (Wildman–Crippen LogP) is 5.31. The van der Waals surface area contributed by atoms with Crippen molar-refractivity contribution in [2.45, 2.75) is 43.9 Å². The lowest BCUT2D eigenvalue weighted by atomic mass is 9.90. The number of halogens is 4. The van der Waals surface area contributed by atoms with E-state index in [4.69, 9.17) is 20.3 Å². The zero-order chi connectivity index (χ0) is 31.0. The van der Waals surface area contributed by atoms with Gasteiger partial charge in [0.2, 0.25) is 0 Å². The molecule has 3 N–H and O–H groups in total. The van der Waals surface area contributed by atoms with Crippen LogP contribution in [-0.2, 0) is 10.9 Å². The first-order chi connectivity index (χ1) is 21.1. The van der Waals surface area contributed by atoms with Crippen molar-refractivity contribution < 1.29 is 31.8 Å². The summed E-state index contributed by atoms with van der Waals surface area (Å²) in [4.78, 5) is 24.0. The molecule has 14 heteroatoms. The first-order valence-electron chi connectivity index (χ1n) is 14.3. The molecule has 2 aromatic carbocycles. The van der Waals surface area contributed by atoms with Gasteiger partial charge in [0.1, 0.15) is 29.4 Å². The van der Waals surface area contributed by atoms with E-state index in [1.54, 1.807) is 18.2 Å². The highest BCUT2D eigenvalue weighted by molar-refractivity contribution is 6.06. The minimum Gasteiger partial charge on any atom is -0.495 e. The van der Waals surface area contributed by atoms with Crippen LogP contribution in [0.2, 0.25) is 0 Å². The van der Waals surface area contributed by atoms with Gasteiger partial charge in [-0.3, -0.25) is 9.69 Å². The van der Waals surface area contributed by atoms with Crippen molar-refractivity contribution in [2.24, 2.45) is 0 Å². The topological polar surface area (TPSA) is 120 Å². The van der Waals surface area contributed by atoms with E-state index in [0.717, 1.165) is 58.1 Å². The number of morpholine rings is 1. The van der Waals surface area contributed by atoms with Crippen LogP contribution < -0.4 is 15.8 Å². The fourth-order valence-electron chi connectivity index (χ4n) is 6.07. The number of nitrogens with two attached hydrogens (primary N) is 1. The van der Waals surface area contributed by atoms with E-state index in [0.29, 0.717) is 34.4 Å². The molecule has 1 aliphatic heterocycles. The molecule has 232 valence electrons. The number of benzene rings is 2. The van der Waals surface area contributed by atoms with Crippen LogP contribution in [0.25, 0.3) is 22.3 Å². The van der Waals surface area contributed by atoms with E-state index in [9.17, 15) is 22.4 Å². The zero-order valence-electron chi connectivity index (χ0n) is 23.9. The Hall–Kier alpha value is -4.30. The molecule has 3 heterocycles. The summed E-state index contributed by atoms with van der Waals surface area (Å²) in [5.41, 5.74) is 6.57. The van der Waals surface area contributed by atoms with Gasteiger partial charge in [-0.2, -0.15) is 18.3 Å². The molecule has 0 spiro atoms. The smallest absolute Gasteiger partial charge is 0.416 e. The Morgan fingerprint density at radius 2 is 1.77 bits per heavy atom. The van der Waals surface area contributed by atoms with Crippen molar-refractivity contribution in [1.29, 1.82) is 0 Å². The van der Waals surface area contributed by atoms with Crippen molar-refractivity contribution in [1.82, 2.24) is 24.6 Å². The quantitative estimate of drug-likeness (QED) is 0.281. The third-order valence-corrected chi connectivity index (χ3v) is 8.36. The number of methoxy groups -OCH3 is 1. The molecule has 0 bridgehead atoms. The molecule has 1 amide bonds. The van der Waals surface area contributed by atoms with Gasteiger partial charge < -0.3 is 20.5 Å². The van der Waals surface area contributed by atoms with Crippen molar-refractivity contribution in [3.63, 3.8) is 0 Å². The lowest BCUT2D eigenvalue weighted by molar-refractivity contribution is -0.137. The third kappa shape index (κ3) is 5.78. The van der Waals surface area contributed by atoms with E-state index in [-0.39, 0.29) is 29.4 Å². The molecule has 1 aliphatic carbocycles. The standard InChI is InChI=1S/C30H31F4N7O3/c1-43-24-14-17(2-9-23(24)38-29(42)21-8-3-18(15-22(21)31)30(32,33)34)26-25-27(35)36-16-37-28(25)41(39-26)20-6-4-19(5-7-20)40-10-12-44-13-11-40/h2-3,8-9,14-16,19-20H,4-7,10-13H2,1H3,(H,38,42)(H2,35,36,37)/t19-,20+. The van der Waals surface area contributed by atoms with E-state index in [1.165, 1.54) is 13.4 Å². The first-order valence-corrected chi connectivity index (χ1v) is 14.3. The molecule has 2 fully saturated rings. The number of carbonyl (C=O) groups excluding carboxylic acids is 1. The minimum absolute atomic E-state index is 0.122. The number of rotatable bonds is 6. The van der Waals surface area contributed by atoms with Crippen LogP contribution >= 0.6 is 0 Å². The summed E-state index contributed by atoms with van der Waals surface area (Å²) in [6.07, 6.45) is 0.600. The number of nitrogens with zero attached hydrogens (tertiary/aromatic N) is 5. The molecule has 44 heavy (non-hydrogen) atoms. The minimum atomic E-state index is -4.73. The Bertz CT molecular complexity index is 1680. The summed E-state index contributed by atoms with van der Waals surface area (Å²) in [6, 6.07) is 7.26. The fraction of sp³-hybridized carbons (Fsp3) is 0.400. The van der Waals surface area contributed by atoms with Crippen LogP contribution in [0.1, 0.15) is 47.6 Å². The van der Waals surface area contributed by atoms with E-state index in [1.807, 2.05) is 4.68 Å². The van der Waals surface area contributed by atoms with E-state index >= 15 is 0 Å². The number of hydrogen-bond donors (Lipinski definition) is 2. The lowest BCUT2D eigenvalue weighted by Gasteiger charge is -2.38.